The molecule has 0 radical (unpaired) electrons. The summed E-state index contributed by atoms with van der Waals surface area (Å²) in [5.41, 5.74) is 0.0193. The number of hydrogen-bond acceptors (Lipinski definition) is 4. The van der Waals surface area contributed by atoms with E-state index in [0.29, 0.717) is 0 Å². The number of aromatic carboxylic acids is 1. The highest BCUT2D eigenvalue weighted by atomic mass is 16.5. The van der Waals surface area contributed by atoms with Crippen molar-refractivity contribution in [2.24, 2.45) is 0 Å². The van der Waals surface area contributed by atoms with Crippen LogP contribution < -0.4 is 4.74 Å². The minimum Gasteiger partial charge on any atom is -0.478 e. The van der Waals surface area contributed by atoms with Gasteiger partial charge in [-0.1, -0.05) is 6.07 Å². The maximum absolute atomic E-state index is 11.0. The van der Waals surface area contributed by atoms with Gasteiger partial charge in [-0.3, -0.25) is 0 Å². The first-order valence-electron chi connectivity index (χ1n) is 4.24. The zero-order valence-electron chi connectivity index (χ0n) is 8.01. The fourth-order valence-electron chi connectivity index (χ4n) is 0.894. The summed E-state index contributed by atoms with van der Waals surface area (Å²) in [5, 5.41) is 17.5. The second kappa shape index (κ2) is 4.56. The third-order valence-electron chi connectivity index (χ3n) is 1.64. The van der Waals surface area contributed by atoms with Crippen LogP contribution in [0.2, 0.25) is 0 Å². The molecule has 0 spiro atoms. The number of ether oxygens (including phenoxy) is 1. The Bertz CT molecular complexity index is 383. The van der Waals surface area contributed by atoms with Gasteiger partial charge in [0.25, 0.3) is 0 Å². The number of hydrogen-bond donors (Lipinski definition) is 2. The lowest BCUT2D eigenvalue weighted by Gasteiger charge is -2.06. The van der Waals surface area contributed by atoms with E-state index >= 15 is 0 Å². The van der Waals surface area contributed by atoms with Crippen LogP contribution in [0.5, 0.6) is 5.75 Å². The molecule has 1 atom stereocenters. The second-order valence-corrected chi connectivity index (χ2v) is 2.93. The average molecular weight is 210 g/mol. The van der Waals surface area contributed by atoms with Gasteiger partial charge in [0.2, 0.25) is 0 Å². The molecule has 0 aliphatic carbocycles. The Labute approximate surface area is 85.9 Å². The molecule has 0 amide bonds. The van der Waals surface area contributed by atoms with E-state index in [1.165, 1.54) is 31.2 Å². The van der Waals surface area contributed by atoms with E-state index in [4.69, 9.17) is 14.9 Å². The molecule has 0 saturated heterocycles. The van der Waals surface area contributed by atoms with Crippen LogP contribution in [0.25, 0.3) is 0 Å². The van der Waals surface area contributed by atoms with Gasteiger partial charge in [-0.2, -0.15) is 0 Å². The topological polar surface area (TPSA) is 83.8 Å². The quantitative estimate of drug-likeness (QED) is 0.565. The third kappa shape index (κ3) is 3.07. The highest BCUT2D eigenvalue weighted by Crippen LogP contribution is 2.13. The highest BCUT2D eigenvalue weighted by Gasteiger charge is 2.12. The summed E-state index contributed by atoms with van der Waals surface area (Å²) in [7, 11) is 0. The first kappa shape index (κ1) is 11.2. The zero-order chi connectivity index (χ0) is 11.4. The molecule has 15 heavy (non-hydrogen) atoms. The SMILES string of the molecule is CC(O)C(=O)Oc1cccc(C(=O)O)c1. The van der Waals surface area contributed by atoms with E-state index in [-0.39, 0.29) is 11.3 Å². The number of carboxylic acid groups (broad SMARTS) is 1. The van der Waals surface area contributed by atoms with Gasteiger partial charge in [0, 0.05) is 0 Å². The van der Waals surface area contributed by atoms with Gasteiger partial charge in [0.1, 0.15) is 11.9 Å². The van der Waals surface area contributed by atoms with Crippen LogP contribution >= 0.6 is 0 Å². The van der Waals surface area contributed by atoms with Crippen molar-refractivity contribution in [2.75, 3.05) is 0 Å². The minimum atomic E-state index is -1.24. The van der Waals surface area contributed by atoms with Crippen LogP contribution in [-0.2, 0) is 4.79 Å². The van der Waals surface area contributed by atoms with E-state index in [0.717, 1.165) is 0 Å². The molecule has 0 aromatic heterocycles. The monoisotopic (exact) mass is 210 g/mol. The molecule has 0 fully saturated rings. The lowest BCUT2D eigenvalue weighted by Crippen LogP contribution is -2.22. The van der Waals surface area contributed by atoms with Gasteiger partial charge in [-0.05, 0) is 25.1 Å². The van der Waals surface area contributed by atoms with Crippen molar-refractivity contribution in [1.29, 1.82) is 0 Å². The second-order valence-electron chi connectivity index (χ2n) is 2.93. The number of aliphatic hydroxyl groups is 1. The van der Waals surface area contributed by atoms with Crippen LogP contribution in [0.15, 0.2) is 24.3 Å². The molecular weight excluding hydrogens is 200 g/mol. The zero-order valence-corrected chi connectivity index (χ0v) is 8.01. The number of benzene rings is 1. The summed E-state index contributed by atoms with van der Waals surface area (Å²) in [5.74, 6) is -1.83. The molecule has 1 rings (SSSR count). The standard InChI is InChI=1S/C10H10O5/c1-6(11)10(14)15-8-4-2-3-7(5-8)9(12)13/h2-6,11H,1H3,(H,12,13). The van der Waals surface area contributed by atoms with E-state index in [1.54, 1.807) is 0 Å². The molecule has 0 heterocycles. The summed E-state index contributed by atoms with van der Waals surface area (Å²) in [6.07, 6.45) is -1.24. The molecule has 1 aromatic carbocycles. The fraction of sp³-hybridized carbons (Fsp3) is 0.200. The van der Waals surface area contributed by atoms with Crippen molar-refractivity contribution in [3.63, 3.8) is 0 Å². The normalized spacial score (nSPS) is 11.9. The Kier molecular flexibility index (Phi) is 3.41. The molecule has 1 aromatic rings. The third-order valence-corrected chi connectivity index (χ3v) is 1.64. The Balaban J connectivity index is 2.83. The first-order valence-corrected chi connectivity index (χ1v) is 4.24. The molecule has 0 aliphatic heterocycles. The molecule has 5 nitrogen and oxygen atoms in total. The van der Waals surface area contributed by atoms with Gasteiger partial charge in [-0.25, -0.2) is 9.59 Å². The summed E-state index contributed by atoms with van der Waals surface area (Å²) < 4.78 is 4.71. The summed E-state index contributed by atoms with van der Waals surface area (Å²) >= 11 is 0. The van der Waals surface area contributed by atoms with Crippen LogP contribution in [0, 0.1) is 0 Å². The minimum absolute atomic E-state index is 0.0193. The Morgan fingerprint density at radius 2 is 2.07 bits per heavy atom. The lowest BCUT2D eigenvalue weighted by atomic mass is 10.2. The molecule has 0 aliphatic rings. The summed E-state index contributed by atoms with van der Waals surface area (Å²) in [6.45, 7) is 1.27. The van der Waals surface area contributed by atoms with Crippen LogP contribution in [0.4, 0.5) is 0 Å². The molecule has 0 saturated carbocycles. The molecule has 1 unspecified atom stereocenters. The van der Waals surface area contributed by atoms with Gasteiger partial charge in [0.05, 0.1) is 5.56 Å². The van der Waals surface area contributed by atoms with Crippen molar-refractivity contribution in [1.82, 2.24) is 0 Å². The van der Waals surface area contributed by atoms with Crippen molar-refractivity contribution in [3.05, 3.63) is 29.8 Å². The fourth-order valence-corrected chi connectivity index (χ4v) is 0.894. The van der Waals surface area contributed by atoms with Gasteiger partial charge >= 0.3 is 11.9 Å². The number of carboxylic acids is 1. The van der Waals surface area contributed by atoms with Crippen molar-refractivity contribution in [2.45, 2.75) is 13.0 Å². The lowest BCUT2D eigenvalue weighted by molar-refractivity contribution is -0.142. The predicted octanol–water partition coefficient (Wildman–Crippen LogP) is 0.671. The van der Waals surface area contributed by atoms with Gasteiger partial charge in [0.15, 0.2) is 0 Å². The Morgan fingerprint density at radius 3 is 2.60 bits per heavy atom. The Hall–Kier alpha value is -1.88. The van der Waals surface area contributed by atoms with Crippen molar-refractivity contribution >= 4 is 11.9 Å². The molecule has 0 bridgehead atoms. The van der Waals surface area contributed by atoms with Crippen LogP contribution in [0.3, 0.4) is 0 Å². The largest absolute Gasteiger partial charge is 0.478 e. The van der Waals surface area contributed by atoms with E-state index < -0.39 is 18.0 Å². The molecule has 80 valence electrons. The molecule has 5 heteroatoms. The number of esters is 1. The van der Waals surface area contributed by atoms with E-state index in [9.17, 15) is 9.59 Å². The summed E-state index contributed by atoms with van der Waals surface area (Å²) in [6, 6.07) is 5.48. The van der Waals surface area contributed by atoms with Crippen LogP contribution in [-0.4, -0.2) is 28.3 Å². The van der Waals surface area contributed by atoms with Gasteiger partial charge < -0.3 is 14.9 Å². The number of carbonyl (C=O) groups is 2. The predicted molar refractivity (Wildman–Crippen MR) is 50.7 cm³/mol. The van der Waals surface area contributed by atoms with Crippen LogP contribution in [0.1, 0.15) is 17.3 Å². The Morgan fingerprint density at radius 1 is 1.40 bits per heavy atom. The highest BCUT2D eigenvalue weighted by molar-refractivity contribution is 5.88. The van der Waals surface area contributed by atoms with Crippen molar-refractivity contribution < 1.29 is 24.5 Å². The molecule has 2 N–H and O–H groups in total. The number of aliphatic hydroxyl groups excluding tert-OH is 1. The van der Waals surface area contributed by atoms with E-state index in [1.807, 2.05) is 0 Å². The average Bonchev–Trinajstić information content (AvgIpc) is 2.18. The summed E-state index contributed by atoms with van der Waals surface area (Å²) in [4.78, 5) is 21.6. The van der Waals surface area contributed by atoms with E-state index in [2.05, 4.69) is 0 Å². The van der Waals surface area contributed by atoms with Crippen molar-refractivity contribution in [3.8, 4) is 5.75 Å². The number of carbonyl (C=O) groups excluding carboxylic acids is 1. The smallest absolute Gasteiger partial charge is 0.340 e. The maximum atomic E-state index is 11.0. The maximum Gasteiger partial charge on any atom is 0.340 e. The number of rotatable bonds is 3. The first-order chi connectivity index (χ1) is 7.00. The van der Waals surface area contributed by atoms with Gasteiger partial charge in [-0.15, -0.1) is 0 Å². The molecular formula is C10H10O5.